The fourth-order valence-corrected chi connectivity index (χ4v) is 3.45. The Morgan fingerprint density at radius 3 is 2.42 bits per heavy atom. The lowest BCUT2D eigenvalue weighted by molar-refractivity contribution is 0.630. The highest BCUT2D eigenvalue weighted by molar-refractivity contribution is 5.84. The number of benzene rings is 2. The van der Waals surface area contributed by atoms with Crippen LogP contribution in [-0.4, -0.2) is 5.71 Å². The minimum Gasteiger partial charge on any atom is -0.310 e. The van der Waals surface area contributed by atoms with Crippen LogP contribution in [0.2, 0.25) is 0 Å². The summed E-state index contributed by atoms with van der Waals surface area (Å²) in [6.45, 7) is 15.9. The van der Waals surface area contributed by atoms with Crippen molar-refractivity contribution in [2.75, 3.05) is 0 Å². The van der Waals surface area contributed by atoms with Crippen molar-refractivity contribution < 1.29 is 4.39 Å². The molecule has 1 N–H and O–H groups in total. The summed E-state index contributed by atoms with van der Waals surface area (Å²) in [5.74, 6) is -0.208. The average molecular weight is 349 g/mol. The van der Waals surface area contributed by atoms with Crippen LogP contribution >= 0.6 is 0 Å². The second-order valence-corrected chi connectivity index (χ2v) is 7.09. The molecule has 136 valence electrons. The smallest absolute Gasteiger partial charge is 0.131 e. The molecule has 1 nitrogen and oxygen atoms in total. The largest absolute Gasteiger partial charge is 0.310 e. The predicted octanol–water partition coefficient (Wildman–Crippen LogP) is 7.15. The van der Waals surface area contributed by atoms with Gasteiger partial charge in [0.05, 0.1) is 0 Å². The van der Waals surface area contributed by atoms with Crippen molar-refractivity contribution in [1.29, 1.82) is 5.41 Å². The van der Waals surface area contributed by atoms with Crippen LogP contribution in [0.4, 0.5) is 4.39 Å². The summed E-state index contributed by atoms with van der Waals surface area (Å²) in [6, 6.07) is 7.44. The van der Waals surface area contributed by atoms with Crippen molar-refractivity contribution in [2.45, 2.75) is 47.0 Å². The molecule has 0 fully saturated rings. The number of nitrogens with one attached hydrogen (secondary N) is 1. The molecule has 0 amide bonds. The standard InChI is InChI=1S/C24H28FN/c1-7-19-14-22(15(2)3)18(6)20(10-8-9-17(5)26)24(19)21-12-11-16(4)13-23(21)25/h7,11-14,26H,1-2,8-10H2,3-6H3. The van der Waals surface area contributed by atoms with E-state index in [1.807, 2.05) is 32.9 Å². The number of hydrogen-bond acceptors (Lipinski definition) is 1. The van der Waals surface area contributed by atoms with E-state index in [1.54, 1.807) is 12.1 Å². The van der Waals surface area contributed by atoms with Crippen molar-refractivity contribution in [3.05, 3.63) is 71.1 Å². The van der Waals surface area contributed by atoms with Crippen LogP contribution in [0.3, 0.4) is 0 Å². The number of hydrogen-bond donors (Lipinski definition) is 1. The lowest BCUT2D eigenvalue weighted by atomic mass is 9.84. The van der Waals surface area contributed by atoms with E-state index in [2.05, 4.69) is 26.1 Å². The van der Waals surface area contributed by atoms with Crippen LogP contribution < -0.4 is 0 Å². The first-order valence-corrected chi connectivity index (χ1v) is 9.01. The Kier molecular flexibility index (Phi) is 6.31. The third-order valence-electron chi connectivity index (χ3n) is 4.80. The topological polar surface area (TPSA) is 23.9 Å². The third kappa shape index (κ3) is 4.19. The number of halogens is 1. The van der Waals surface area contributed by atoms with E-state index in [4.69, 9.17) is 5.41 Å². The number of rotatable bonds is 7. The third-order valence-corrected chi connectivity index (χ3v) is 4.80. The monoisotopic (exact) mass is 349 g/mol. The summed E-state index contributed by atoms with van der Waals surface area (Å²) >= 11 is 0. The number of allylic oxidation sites excluding steroid dienone is 1. The maximum atomic E-state index is 14.8. The molecule has 0 aliphatic carbocycles. The second-order valence-electron chi connectivity index (χ2n) is 7.09. The van der Waals surface area contributed by atoms with E-state index in [9.17, 15) is 4.39 Å². The van der Waals surface area contributed by atoms with E-state index in [0.717, 1.165) is 58.2 Å². The average Bonchev–Trinajstić information content (AvgIpc) is 2.56. The van der Waals surface area contributed by atoms with Gasteiger partial charge in [0.25, 0.3) is 0 Å². The first-order valence-electron chi connectivity index (χ1n) is 9.01. The van der Waals surface area contributed by atoms with Crippen LogP contribution in [0.1, 0.15) is 54.5 Å². The minimum absolute atomic E-state index is 0.208. The van der Waals surface area contributed by atoms with Crippen LogP contribution in [0, 0.1) is 25.1 Å². The molecule has 2 aromatic carbocycles. The summed E-state index contributed by atoms with van der Waals surface area (Å²) in [7, 11) is 0. The lowest BCUT2D eigenvalue weighted by Crippen LogP contribution is -2.03. The molecule has 0 atom stereocenters. The normalized spacial score (nSPS) is 10.7. The van der Waals surface area contributed by atoms with Gasteiger partial charge in [-0.1, -0.05) is 36.9 Å². The van der Waals surface area contributed by atoms with Crippen molar-refractivity contribution in [3.63, 3.8) is 0 Å². The van der Waals surface area contributed by atoms with E-state index < -0.39 is 0 Å². The zero-order valence-electron chi connectivity index (χ0n) is 16.3. The SMILES string of the molecule is C=Cc1cc(C(=C)C)c(C)c(CCCC(C)=N)c1-c1ccc(C)cc1F. The molecule has 0 radical (unpaired) electrons. The highest BCUT2D eigenvalue weighted by atomic mass is 19.1. The first kappa shape index (κ1) is 19.8. The first-order chi connectivity index (χ1) is 12.3. The molecule has 0 saturated carbocycles. The Balaban J connectivity index is 2.74. The molecule has 0 spiro atoms. The quantitative estimate of drug-likeness (QED) is 0.513. The van der Waals surface area contributed by atoms with Crippen molar-refractivity contribution in [1.82, 2.24) is 0 Å². The maximum Gasteiger partial charge on any atom is 0.131 e. The summed E-state index contributed by atoms with van der Waals surface area (Å²) < 4.78 is 14.8. The number of aryl methyl sites for hydroxylation is 1. The van der Waals surface area contributed by atoms with Crippen molar-refractivity contribution >= 4 is 17.4 Å². The Bertz CT molecular complexity index is 874. The molecule has 2 heteroatoms. The Morgan fingerprint density at radius 2 is 1.88 bits per heavy atom. The second kappa shape index (κ2) is 8.27. The van der Waals surface area contributed by atoms with E-state index in [-0.39, 0.29) is 5.82 Å². The molecule has 0 heterocycles. The van der Waals surface area contributed by atoms with Gasteiger partial charge >= 0.3 is 0 Å². The molecule has 26 heavy (non-hydrogen) atoms. The van der Waals surface area contributed by atoms with Gasteiger partial charge in [0, 0.05) is 11.3 Å². The highest BCUT2D eigenvalue weighted by Gasteiger charge is 2.18. The van der Waals surface area contributed by atoms with E-state index in [0.29, 0.717) is 11.3 Å². The van der Waals surface area contributed by atoms with Gasteiger partial charge in [0.15, 0.2) is 0 Å². The Morgan fingerprint density at radius 1 is 1.19 bits per heavy atom. The van der Waals surface area contributed by atoms with Gasteiger partial charge < -0.3 is 5.41 Å². The molecule has 0 aliphatic rings. The molecular formula is C24H28FN. The van der Waals surface area contributed by atoms with Gasteiger partial charge in [-0.2, -0.15) is 0 Å². The summed E-state index contributed by atoms with van der Waals surface area (Å²) in [5, 5.41) is 7.69. The van der Waals surface area contributed by atoms with Crippen LogP contribution in [0.25, 0.3) is 22.8 Å². The molecule has 2 rings (SSSR count). The Labute approximate surface area is 156 Å². The predicted molar refractivity (Wildman–Crippen MR) is 112 cm³/mol. The van der Waals surface area contributed by atoms with Crippen molar-refractivity contribution in [2.24, 2.45) is 0 Å². The van der Waals surface area contributed by atoms with Gasteiger partial charge in [-0.3, -0.25) is 0 Å². The molecule has 2 aromatic rings. The van der Waals surface area contributed by atoms with Gasteiger partial charge in [-0.25, -0.2) is 4.39 Å². The summed E-state index contributed by atoms with van der Waals surface area (Å²) in [5.41, 5.74) is 8.39. The van der Waals surface area contributed by atoms with Crippen molar-refractivity contribution in [3.8, 4) is 11.1 Å². The van der Waals surface area contributed by atoms with Crippen LogP contribution in [0.15, 0.2) is 37.4 Å². The Hall–Kier alpha value is -2.48. The molecule has 0 aliphatic heterocycles. The fraction of sp³-hybridized carbons (Fsp3) is 0.292. The zero-order chi connectivity index (χ0) is 19.4. The molecular weight excluding hydrogens is 321 g/mol. The van der Waals surface area contributed by atoms with Gasteiger partial charge in [-0.15, -0.1) is 0 Å². The molecule has 0 bridgehead atoms. The maximum absolute atomic E-state index is 14.8. The molecule has 0 aromatic heterocycles. The van der Waals surface area contributed by atoms with Gasteiger partial charge in [0.2, 0.25) is 0 Å². The van der Waals surface area contributed by atoms with Gasteiger partial charge in [0.1, 0.15) is 5.82 Å². The van der Waals surface area contributed by atoms with Crippen LogP contribution in [0.5, 0.6) is 0 Å². The summed E-state index contributed by atoms with van der Waals surface area (Å²) in [4.78, 5) is 0. The van der Waals surface area contributed by atoms with Crippen LogP contribution in [-0.2, 0) is 6.42 Å². The lowest BCUT2D eigenvalue weighted by Gasteiger charge is -2.21. The molecule has 0 unspecified atom stereocenters. The zero-order valence-corrected chi connectivity index (χ0v) is 16.3. The fourth-order valence-electron chi connectivity index (χ4n) is 3.45. The summed E-state index contributed by atoms with van der Waals surface area (Å²) in [6.07, 6.45) is 4.21. The van der Waals surface area contributed by atoms with E-state index >= 15 is 0 Å². The highest BCUT2D eigenvalue weighted by Crippen LogP contribution is 2.37. The molecule has 0 saturated heterocycles. The van der Waals surface area contributed by atoms with Gasteiger partial charge in [-0.05, 0) is 92.5 Å². The van der Waals surface area contributed by atoms with E-state index in [1.165, 1.54) is 0 Å². The minimum atomic E-state index is -0.208.